The van der Waals surface area contributed by atoms with Gasteiger partial charge in [0.05, 0.1) is 10.7 Å². The lowest BCUT2D eigenvalue weighted by atomic mass is 10.2. The van der Waals surface area contributed by atoms with Gasteiger partial charge in [-0.05, 0) is 19.1 Å². The van der Waals surface area contributed by atoms with Gasteiger partial charge in [-0.1, -0.05) is 23.7 Å². The number of aryl methyl sites for hydroxylation is 2. The van der Waals surface area contributed by atoms with Gasteiger partial charge in [0.1, 0.15) is 18.5 Å². The third kappa shape index (κ3) is 4.74. The van der Waals surface area contributed by atoms with Crippen molar-refractivity contribution in [1.82, 2.24) is 15.1 Å². The SMILES string of the molecule is Cc1nn(C)cc1CNCC(O)COc1ccccc1Cl. The molecule has 0 fully saturated rings. The van der Waals surface area contributed by atoms with Crippen LogP contribution in [0.3, 0.4) is 0 Å². The largest absolute Gasteiger partial charge is 0.489 e. The van der Waals surface area contributed by atoms with E-state index in [1.165, 1.54) is 0 Å². The Labute approximate surface area is 129 Å². The van der Waals surface area contributed by atoms with E-state index in [2.05, 4.69) is 10.4 Å². The fourth-order valence-corrected chi connectivity index (χ4v) is 2.19. The maximum Gasteiger partial charge on any atom is 0.138 e. The van der Waals surface area contributed by atoms with Crippen molar-refractivity contribution in [3.05, 3.63) is 46.7 Å². The predicted molar refractivity (Wildman–Crippen MR) is 82.6 cm³/mol. The second-order valence-corrected chi connectivity index (χ2v) is 5.35. The molecule has 1 aromatic heterocycles. The monoisotopic (exact) mass is 309 g/mol. The second kappa shape index (κ2) is 7.45. The van der Waals surface area contributed by atoms with Gasteiger partial charge >= 0.3 is 0 Å². The van der Waals surface area contributed by atoms with Crippen LogP contribution in [0.4, 0.5) is 0 Å². The van der Waals surface area contributed by atoms with Crippen LogP contribution >= 0.6 is 11.6 Å². The summed E-state index contributed by atoms with van der Waals surface area (Å²) in [4.78, 5) is 0. The first-order chi connectivity index (χ1) is 10.1. The summed E-state index contributed by atoms with van der Waals surface area (Å²) in [6, 6.07) is 7.22. The van der Waals surface area contributed by atoms with Crippen molar-refractivity contribution in [1.29, 1.82) is 0 Å². The van der Waals surface area contributed by atoms with Crippen LogP contribution in [-0.2, 0) is 13.6 Å². The van der Waals surface area contributed by atoms with E-state index < -0.39 is 6.10 Å². The van der Waals surface area contributed by atoms with Crippen molar-refractivity contribution in [2.75, 3.05) is 13.2 Å². The molecule has 0 aliphatic rings. The number of benzene rings is 1. The zero-order chi connectivity index (χ0) is 15.2. The van der Waals surface area contributed by atoms with E-state index in [4.69, 9.17) is 16.3 Å². The molecule has 2 aromatic rings. The van der Waals surface area contributed by atoms with Gasteiger partial charge in [0, 0.05) is 31.9 Å². The van der Waals surface area contributed by atoms with Crippen molar-refractivity contribution < 1.29 is 9.84 Å². The van der Waals surface area contributed by atoms with Crippen molar-refractivity contribution in [3.8, 4) is 5.75 Å². The normalized spacial score (nSPS) is 12.4. The van der Waals surface area contributed by atoms with Gasteiger partial charge in [-0.3, -0.25) is 4.68 Å². The number of aromatic nitrogens is 2. The van der Waals surface area contributed by atoms with E-state index in [-0.39, 0.29) is 6.61 Å². The Hall–Kier alpha value is -1.56. The maximum absolute atomic E-state index is 9.90. The molecule has 1 aromatic carbocycles. The van der Waals surface area contributed by atoms with Gasteiger partial charge < -0.3 is 15.2 Å². The summed E-state index contributed by atoms with van der Waals surface area (Å²) in [5.41, 5.74) is 2.11. The number of aliphatic hydroxyl groups is 1. The van der Waals surface area contributed by atoms with Gasteiger partial charge in [0.15, 0.2) is 0 Å². The van der Waals surface area contributed by atoms with Crippen molar-refractivity contribution >= 4 is 11.6 Å². The zero-order valence-corrected chi connectivity index (χ0v) is 13.0. The summed E-state index contributed by atoms with van der Waals surface area (Å²) in [7, 11) is 1.89. The summed E-state index contributed by atoms with van der Waals surface area (Å²) in [6.07, 6.45) is 1.37. The van der Waals surface area contributed by atoms with Gasteiger partial charge in [-0.25, -0.2) is 0 Å². The van der Waals surface area contributed by atoms with Crippen LogP contribution in [0.2, 0.25) is 5.02 Å². The highest BCUT2D eigenvalue weighted by Gasteiger charge is 2.08. The highest BCUT2D eigenvalue weighted by Crippen LogP contribution is 2.23. The van der Waals surface area contributed by atoms with Gasteiger partial charge in [0.25, 0.3) is 0 Å². The third-order valence-corrected chi connectivity index (χ3v) is 3.39. The first-order valence-corrected chi connectivity index (χ1v) is 7.19. The fraction of sp³-hybridized carbons (Fsp3) is 0.400. The Morgan fingerprint density at radius 2 is 2.19 bits per heavy atom. The molecule has 0 spiro atoms. The zero-order valence-electron chi connectivity index (χ0n) is 12.2. The van der Waals surface area contributed by atoms with E-state index in [1.807, 2.05) is 32.3 Å². The quantitative estimate of drug-likeness (QED) is 0.820. The van der Waals surface area contributed by atoms with Gasteiger partial charge in [-0.15, -0.1) is 0 Å². The molecular formula is C15H20ClN3O2. The molecule has 5 nitrogen and oxygen atoms in total. The molecule has 1 heterocycles. The van der Waals surface area contributed by atoms with Crippen molar-refractivity contribution in [2.45, 2.75) is 19.6 Å². The number of rotatable bonds is 7. The molecule has 21 heavy (non-hydrogen) atoms. The minimum atomic E-state index is -0.599. The van der Waals surface area contributed by atoms with E-state index in [0.717, 1.165) is 11.3 Å². The Bertz CT molecular complexity index is 586. The van der Waals surface area contributed by atoms with Crippen LogP contribution in [-0.4, -0.2) is 34.1 Å². The molecule has 2 rings (SSSR count). The molecular weight excluding hydrogens is 290 g/mol. The average molecular weight is 310 g/mol. The van der Waals surface area contributed by atoms with Gasteiger partial charge in [0.2, 0.25) is 0 Å². The fourth-order valence-electron chi connectivity index (χ4n) is 2.00. The lowest BCUT2D eigenvalue weighted by molar-refractivity contribution is 0.106. The first kappa shape index (κ1) is 15.8. The number of hydrogen-bond donors (Lipinski definition) is 2. The van der Waals surface area contributed by atoms with Crippen LogP contribution in [0.15, 0.2) is 30.5 Å². The molecule has 0 aliphatic carbocycles. The second-order valence-electron chi connectivity index (χ2n) is 4.94. The topological polar surface area (TPSA) is 59.3 Å². The molecule has 0 radical (unpaired) electrons. The molecule has 0 amide bonds. The lowest BCUT2D eigenvalue weighted by Crippen LogP contribution is -2.31. The summed E-state index contributed by atoms with van der Waals surface area (Å²) in [5.74, 6) is 0.585. The van der Waals surface area contributed by atoms with Crippen LogP contribution in [0.5, 0.6) is 5.75 Å². The van der Waals surface area contributed by atoms with Crippen molar-refractivity contribution in [2.24, 2.45) is 7.05 Å². The molecule has 2 N–H and O–H groups in total. The third-order valence-electron chi connectivity index (χ3n) is 3.08. The van der Waals surface area contributed by atoms with E-state index in [9.17, 15) is 5.11 Å². The summed E-state index contributed by atoms with van der Waals surface area (Å²) >= 11 is 5.98. The highest BCUT2D eigenvalue weighted by atomic mass is 35.5. The number of hydrogen-bond acceptors (Lipinski definition) is 4. The van der Waals surface area contributed by atoms with Crippen LogP contribution in [0.1, 0.15) is 11.3 Å². The molecule has 0 aliphatic heterocycles. The highest BCUT2D eigenvalue weighted by molar-refractivity contribution is 6.32. The average Bonchev–Trinajstić information content (AvgIpc) is 2.76. The number of nitrogens with one attached hydrogen (secondary N) is 1. The Kier molecular flexibility index (Phi) is 5.61. The Morgan fingerprint density at radius 1 is 1.43 bits per heavy atom. The first-order valence-electron chi connectivity index (χ1n) is 6.81. The standard InChI is InChI=1S/C15H20ClN3O2/c1-11-12(9-19(2)18-11)7-17-8-13(20)10-21-15-6-4-3-5-14(15)16/h3-6,9,13,17,20H,7-8,10H2,1-2H3. The Morgan fingerprint density at radius 3 is 2.86 bits per heavy atom. The Balaban J connectivity index is 1.71. The predicted octanol–water partition coefficient (Wildman–Crippen LogP) is 1.91. The molecule has 0 bridgehead atoms. The number of halogens is 1. The molecule has 0 saturated heterocycles. The summed E-state index contributed by atoms with van der Waals surface area (Å²) in [6.45, 7) is 3.28. The van der Waals surface area contributed by atoms with Crippen LogP contribution in [0, 0.1) is 6.92 Å². The molecule has 1 atom stereocenters. The molecule has 0 saturated carbocycles. The molecule has 6 heteroatoms. The summed E-state index contributed by atoms with van der Waals surface area (Å²) < 4.78 is 7.27. The molecule has 1 unspecified atom stereocenters. The van der Waals surface area contributed by atoms with Crippen LogP contribution < -0.4 is 10.1 Å². The minimum absolute atomic E-state index is 0.197. The minimum Gasteiger partial charge on any atom is -0.489 e. The summed E-state index contributed by atoms with van der Waals surface area (Å²) in [5, 5.41) is 17.9. The molecule has 114 valence electrons. The van der Waals surface area contributed by atoms with E-state index >= 15 is 0 Å². The number of aliphatic hydroxyl groups excluding tert-OH is 1. The van der Waals surface area contributed by atoms with E-state index in [1.54, 1.807) is 16.8 Å². The number of ether oxygens (including phenoxy) is 1. The van der Waals surface area contributed by atoms with E-state index in [0.29, 0.717) is 23.9 Å². The van der Waals surface area contributed by atoms with Gasteiger partial charge in [-0.2, -0.15) is 5.10 Å². The van der Waals surface area contributed by atoms with Crippen LogP contribution in [0.25, 0.3) is 0 Å². The number of nitrogens with zero attached hydrogens (tertiary/aromatic N) is 2. The lowest BCUT2D eigenvalue weighted by Gasteiger charge is -2.13. The smallest absolute Gasteiger partial charge is 0.138 e. The van der Waals surface area contributed by atoms with Crippen molar-refractivity contribution in [3.63, 3.8) is 0 Å². The maximum atomic E-state index is 9.90. The number of para-hydroxylation sites is 1.